The van der Waals surface area contributed by atoms with Crippen molar-refractivity contribution < 1.29 is 0 Å². The van der Waals surface area contributed by atoms with Gasteiger partial charge in [0.25, 0.3) is 0 Å². The van der Waals surface area contributed by atoms with Crippen LogP contribution in [0.1, 0.15) is 0 Å². The van der Waals surface area contributed by atoms with Gasteiger partial charge in [-0.25, -0.2) is 0 Å². The minimum Gasteiger partial charge on any atom is -0.308 e. The molecule has 0 spiro atoms. The summed E-state index contributed by atoms with van der Waals surface area (Å²) in [5.41, 5.74) is 8.69. The lowest BCUT2D eigenvalue weighted by Gasteiger charge is -2.14. The van der Waals surface area contributed by atoms with Crippen LogP contribution in [0.3, 0.4) is 0 Å². The molecule has 0 bridgehead atoms. The van der Waals surface area contributed by atoms with E-state index in [-0.39, 0.29) is 0 Å². The molecule has 0 amide bonds. The Morgan fingerprint density at radius 3 is 1.77 bits per heavy atom. The topological polar surface area (TPSA) is 4.93 Å². The third-order valence-corrected chi connectivity index (χ3v) is 8.98. The van der Waals surface area contributed by atoms with E-state index in [0.717, 1.165) is 0 Å². The lowest BCUT2D eigenvalue weighted by atomic mass is 9.91. The van der Waals surface area contributed by atoms with Gasteiger partial charge in [-0.1, -0.05) is 146 Å². The van der Waals surface area contributed by atoms with Gasteiger partial charge >= 0.3 is 0 Å². The summed E-state index contributed by atoms with van der Waals surface area (Å²) in [6.45, 7) is 0. The molecule has 200 valence electrons. The van der Waals surface area contributed by atoms with Crippen molar-refractivity contribution in [2.24, 2.45) is 0 Å². The zero-order valence-electron chi connectivity index (χ0n) is 23.5. The summed E-state index contributed by atoms with van der Waals surface area (Å²) in [5, 5.41) is 10.1. The summed E-state index contributed by atoms with van der Waals surface area (Å²) in [6, 6.07) is 59.7. The largest absolute Gasteiger partial charge is 0.308 e. The highest BCUT2D eigenvalue weighted by molar-refractivity contribution is 6.20. The molecule has 0 unspecified atom stereocenters. The van der Waals surface area contributed by atoms with E-state index in [1.807, 2.05) is 0 Å². The van der Waals surface area contributed by atoms with Gasteiger partial charge in [-0.05, 0) is 62.0 Å². The molecule has 0 atom stereocenters. The first kappa shape index (κ1) is 24.0. The van der Waals surface area contributed by atoms with Gasteiger partial charge in [0.15, 0.2) is 0 Å². The Kier molecular flexibility index (Phi) is 5.27. The normalized spacial score (nSPS) is 11.7. The highest BCUT2D eigenvalue weighted by atomic mass is 15.0. The standard InChI is InChI=1S/C42H27N/c1-2-11-28(12-3-1)32-25-26-33(37-17-7-6-16-36(32)37)30-21-23-35-31(27-30)22-24-39-38-18-8-9-19-41(38)43(42(35)39)40-20-10-14-29-13-4-5-15-34(29)40/h1-27H. The summed E-state index contributed by atoms with van der Waals surface area (Å²) in [5.74, 6) is 0. The van der Waals surface area contributed by atoms with Gasteiger partial charge in [0.05, 0.1) is 16.7 Å². The van der Waals surface area contributed by atoms with Crippen molar-refractivity contribution in [3.63, 3.8) is 0 Å². The maximum atomic E-state index is 2.47. The third-order valence-electron chi connectivity index (χ3n) is 8.98. The van der Waals surface area contributed by atoms with Crippen molar-refractivity contribution in [3.05, 3.63) is 164 Å². The fourth-order valence-corrected chi connectivity index (χ4v) is 7.03. The van der Waals surface area contributed by atoms with E-state index in [0.29, 0.717) is 0 Å². The van der Waals surface area contributed by atoms with Crippen LogP contribution < -0.4 is 0 Å². The van der Waals surface area contributed by atoms with Gasteiger partial charge < -0.3 is 4.57 Å². The fourth-order valence-electron chi connectivity index (χ4n) is 7.03. The average Bonchev–Trinajstić information content (AvgIpc) is 3.42. The van der Waals surface area contributed by atoms with Crippen LogP contribution in [0.2, 0.25) is 0 Å². The Labute approximate surface area is 249 Å². The summed E-state index contributed by atoms with van der Waals surface area (Å²) < 4.78 is 2.47. The molecule has 0 aliphatic rings. The Morgan fingerprint density at radius 1 is 0.326 bits per heavy atom. The molecule has 0 saturated heterocycles. The van der Waals surface area contributed by atoms with Gasteiger partial charge in [-0.2, -0.15) is 0 Å². The molecule has 1 nitrogen and oxygen atoms in total. The average molecular weight is 546 g/mol. The van der Waals surface area contributed by atoms with E-state index in [9.17, 15) is 0 Å². The Morgan fingerprint density at radius 2 is 0.953 bits per heavy atom. The van der Waals surface area contributed by atoms with Gasteiger partial charge in [-0.3, -0.25) is 0 Å². The van der Waals surface area contributed by atoms with Crippen LogP contribution >= 0.6 is 0 Å². The van der Waals surface area contributed by atoms with Gasteiger partial charge in [0, 0.05) is 21.5 Å². The predicted octanol–water partition coefficient (Wildman–Crippen LogP) is 11.6. The minimum atomic E-state index is 1.21. The smallest absolute Gasteiger partial charge is 0.0619 e. The molecule has 0 saturated carbocycles. The van der Waals surface area contributed by atoms with E-state index < -0.39 is 0 Å². The molecule has 1 heterocycles. The summed E-state index contributed by atoms with van der Waals surface area (Å²) in [4.78, 5) is 0. The van der Waals surface area contributed by atoms with Crippen molar-refractivity contribution in [2.75, 3.05) is 0 Å². The van der Waals surface area contributed by atoms with E-state index in [1.54, 1.807) is 0 Å². The SMILES string of the molecule is c1ccc(-c2ccc(-c3ccc4c(ccc5c6ccccc6n(-c6cccc7ccccc67)c45)c3)c3ccccc23)cc1. The lowest BCUT2D eigenvalue weighted by molar-refractivity contribution is 1.20. The number of fused-ring (bicyclic) bond motifs is 7. The molecule has 8 aromatic carbocycles. The van der Waals surface area contributed by atoms with Crippen LogP contribution in [0.15, 0.2) is 164 Å². The summed E-state index contributed by atoms with van der Waals surface area (Å²) in [6.07, 6.45) is 0. The van der Waals surface area contributed by atoms with Crippen LogP contribution in [-0.4, -0.2) is 4.57 Å². The molecule has 0 radical (unpaired) electrons. The monoisotopic (exact) mass is 545 g/mol. The molecule has 0 fully saturated rings. The van der Waals surface area contributed by atoms with E-state index in [2.05, 4.69) is 168 Å². The van der Waals surface area contributed by atoms with Crippen molar-refractivity contribution in [1.82, 2.24) is 4.57 Å². The third kappa shape index (κ3) is 3.65. The van der Waals surface area contributed by atoms with E-state index in [4.69, 9.17) is 0 Å². The maximum Gasteiger partial charge on any atom is 0.0619 e. The van der Waals surface area contributed by atoms with Crippen LogP contribution in [0, 0.1) is 0 Å². The Bertz CT molecular complexity index is 2490. The molecule has 0 N–H and O–H groups in total. The second kappa shape index (κ2) is 9.44. The zero-order chi connectivity index (χ0) is 28.3. The van der Waals surface area contributed by atoms with Gasteiger partial charge in [0.2, 0.25) is 0 Å². The van der Waals surface area contributed by atoms with Crippen LogP contribution in [0.4, 0.5) is 0 Å². The second-order valence-corrected chi connectivity index (χ2v) is 11.3. The van der Waals surface area contributed by atoms with E-state index >= 15 is 0 Å². The molecule has 1 heteroatoms. The van der Waals surface area contributed by atoms with Crippen molar-refractivity contribution in [2.45, 2.75) is 0 Å². The molecule has 1 aromatic heterocycles. The molecule has 9 rings (SSSR count). The Balaban J connectivity index is 1.31. The molecular weight excluding hydrogens is 518 g/mol. The number of hydrogen-bond donors (Lipinski definition) is 0. The number of benzene rings is 8. The van der Waals surface area contributed by atoms with Crippen molar-refractivity contribution in [1.29, 1.82) is 0 Å². The number of rotatable bonds is 3. The number of para-hydroxylation sites is 1. The van der Waals surface area contributed by atoms with Crippen LogP contribution in [0.25, 0.3) is 82.1 Å². The van der Waals surface area contributed by atoms with Gasteiger partial charge in [-0.15, -0.1) is 0 Å². The van der Waals surface area contributed by atoms with Crippen molar-refractivity contribution in [3.8, 4) is 27.9 Å². The summed E-state index contributed by atoms with van der Waals surface area (Å²) in [7, 11) is 0. The molecule has 0 aliphatic heterocycles. The molecule has 0 aliphatic carbocycles. The molecule has 43 heavy (non-hydrogen) atoms. The second-order valence-electron chi connectivity index (χ2n) is 11.3. The van der Waals surface area contributed by atoms with Crippen molar-refractivity contribution >= 4 is 54.1 Å². The quantitative estimate of drug-likeness (QED) is 0.208. The zero-order valence-corrected chi connectivity index (χ0v) is 23.5. The molecule has 9 aromatic rings. The fraction of sp³-hybridized carbons (Fsp3) is 0. The number of nitrogens with zero attached hydrogens (tertiary/aromatic N) is 1. The Hall–Kier alpha value is -5.66. The highest BCUT2D eigenvalue weighted by Crippen LogP contribution is 2.41. The van der Waals surface area contributed by atoms with Gasteiger partial charge in [0.1, 0.15) is 0 Å². The number of aromatic nitrogens is 1. The number of hydrogen-bond acceptors (Lipinski definition) is 0. The first-order valence-electron chi connectivity index (χ1n) is 14.9. The van der Waals surface area contributed by atoms with E-state index in [1.165, 1.54) is 82.1 Å². The first-order valence-corrected chi connectivity index (χ1v) is 14.9. The van der Waals surface area contributed by atoms with Crippen LogP contribution in [0.5, 0.6) is 0 Å². The summed E-state index contributed by atoms with van der Waals surface area (Å²) >= 11 is 0. The first-order chi connectivity index (χ1) is 21.3. The minimum absolute atomic E-state index is 1.21. The highest BCUT2D eigenvalue weighted by Gasteiger charge is 2.17. The molecular formula is C42H27N. The lowest BCUT2D eigenvalue weighted by Crippen LogP contribution is -1.96. The maximum absolute atomic E-state index is 2.47. The van der Waals surface area contributed by atoms with Crippen LogP contribution in [-0.2, 0) is 0 Å². The predicted molar refractivity (Wildman–Crippen MR) is 184 cm³/mol.